The number of anilines is 5. The second kappa shape index (κ2) is 50.7. The molecule has 17 nitrogen and oxygen atoms in total. The number of phenols is 2. The Kier molecular flexibility index (Phi) is 39.6. The number of ketones is 1. The SMILES string of the molecule is CC(C)c1ccc(N)cc1.CC(Cc1cccc(O)c1)Nc1ccc(C(C)C)cc1.COC(=O)/C=C/c1ccc(C2c3ccc(O)cc3CC(C)N2c2ccc(C(C)C)cc2)cc1.COC(=O)/C=C/c1ccc(C2c3ccc(OS(=O)(=O)C(F)(F)F)cc3CC(C)N2c2ccc(C(C)C)cc2)cc1.COc1cccc(CC(C)=O)c1.COc1cccc(CC(C)Nc2ccc(C(C)C)cc2)c1. The number of Topliss-reactive ketones (excluding diaryl/α,β-unsaturated/α-hetero) is 1. The topological polar surface area (TPSA) is 229 Å². The molecule has 2 heterocycles. The molecule has 0 saturated heterocycles. The second-order valence-electron chi connectivity index (χ2n) is 36.1. The summed E-state index contributed by atoms with van der Waals surface area (Å²) >= 11 is 0. The molecular weight excluding hydrogens is 1730 g/mol. The third-order valence-corrected chi connectivity index (χ3v) is 24.6. The molecule has 0 amide bonds. The molecule has 0 fully saturated rings. The van der Waals surface area contributed by atoms with E-state index >= 15 is 0 Å². The summed E-state index contributed by atoms with van der Waals surface area (Å²) in [5, 5.41) is 26.6. The molecule has 0 aliphatic carbocycles. The minimum absolute atomic E-state index is 0.0212. The normalized spacial score (nSPS) is 14.8. The first-order valence-corrected chi connectivity index (χ1v) is 47.7. The number of benzene rings is 12. The molecule has 12 aromatic carbocycles. The van der Waals surface area contributed by atoms with Crippen LogP contribution in [0.15, 0.2) is 291 Å². The van der Waals surface area contributed by atoms with Crippen LogP contribution in [0.5, 0.6) is 28.7 Å². The molecule has 718 valence electrons. The van der Waals surface area contributed by atoms with Crippen LogP contribution in [0.1, 0.15) is 235 Å². The van der Waals surface area contributed by atoms with Crippen molar-refractivity contribution in [1.29, 1.82) is 0 Å². The molecule has 6 unspecified atom stereocenters. The number of ether oxygens (including phenoxy) is 4. The van der Waals surface area contributed by atoms with Gasteiger partial charge in [0.25, 0.3) is 0 Å². The predicted octanol–water partition coefficient (Wildman–Crippen LogP) is 26.6. The Morgan fingerprint density at radius 2 is 0.787 bits per heavy atom. The zero-order chi connectivity index (χ0) is 99.1. The van der Waals surface area contributed by atoms with Crippen LogP contribution in [-0.2, 0) is 66.1 Å². The molecule has 21 heteroatoms. The smallest absolute Gasteiger partial charge is 0.508 e. The largest absolute Gasteiger partial charge is 0.534 e. The van der Waals surface area contributed by atoms with E-state index in [1.54, 1.807) is 51.5 Å². The zero-order valence-corrected chi connectivity index (χ0v) is 82.6. The number of halogens is 3. The van der Waals surface area contributed by atoms with Gasteiger partial charge in [-0.05, 0) is 312 Å². The molecule has 0 saturated carbocycles. The van der Waals surface area contributed by atoms with Crippen molar-refractivity contribution < 1.29 is 69.3 Å². The fourth-order valence-corrected chi connectivity index (χ4v) is 16.7. The lowest BCUT2D eigenvalue weighted by Gasteiger charge is -2.44. The first-order chi connectivity index (χ1) is 64.7. The molecule has 6 atom stereocenters. The standard InChI is InChI=1S/C30H30F3NO5S.C29H31NO3.C19H25NO.C18H23NO.C10H12O2.C9H13N/c1-19(2)22-10-12-25(13-11-22)34-20(3)17-24-18-26(39-40(36,37)30(31,32)33)14-15-27(24)29(34)23-8-5-21(6-9-23)7-16-28(35)38-4;1-19(2)22-10-12-25(13-11-22)30-20(3)17-24-18-26(31)14-15-27(24)29(30)23-8-5-21(6-9-23)7-16-28(32)33-4;1-14(2)17-8-10-18(11-9-17)20-15(3)12-16-6-5-7-19(13-16)21-4;1-13(2)16-7-9-17(10-8-16)19-14(3)11-15-5-4-6-18(20)12-15;1-8(11)6-9-4-3-5-10(7-9)12-2;1-7(2)8-3-5-9(10)6-4-8/h5-16,18-20,29H,17H2,1-4H3;5-16,18-20,29,31H,17H2,1-4H3;5-11,13-15,20H,12H2,1-4H3;4-10,12-14,19-20H,11H2,1-3H3;3-5,7H,6H2,1-2H3;3-7H,10H2,1-2H3/b2*16-7+;;;;. The van der Waals surface area contributed by atoms with Gasteiger partial charge in [0.15, 0.2) is 0 Å². The number of aromatic hydroxyl groups is 2. The lowest BCUT2D eigenvalue weighted by atomic mass is 9.84. The first-order valence-electron chi connectivity index (χ1n) is 46.3. The monoisotopic (exact) mass is 1870 g/mol. The van der Waals surface area contributed by atoms with Gasteiger partial charge in [-0.1, -0.05) is 227 Å². The predicted molar refractivity (Wildman–Crippen MR) is 549 cm³/mol. The van der Waals surface area contributed by atoms with Crippen LogP contribution in [0.25, 0.3) is 12.2 Å². The van der Waals surface area contributed by atoms with Crippen LogP contribution in [0.3, 0.4) is 0 Å². The van der Waals surface area contributed by atoms with E-state index in [9.17, 15) is 46.2 Å². The number of rotatable bonds is 27. The summed E-state index contributed by atoms with van der Waals surface area (Å²) in [6.07, 6.45) is 9.83. The van der Waals surface area contributed by atoms with E-state index in [2.05, 4.69) is 258 Å². The number of phenolic OH excluding ortho intramolecular Hbond substituents is 2. The minimum Gasteiger partial charge on any atom is -0.508 e. The van der Waals surface area contributed by atoms with Crippen molar-refractivity contribution in [2.75, 3.05) is 54.6 Å². The Bertz CT molecular complexity index is 5990. The van der Waals surface area contributed by atoms with E-state index in [0.717, 1.165) is 86.8 Å². The van der Waals surface area contributed by atoms with Gasteiger partial charge in [-0.25, -0.2) is 9.59 Å². The molecule has 6 N–H and O–H groups in total. The average molecular weight is 1870 g/mol. The number of nitrogen functional groups attached to an aromatic ring is 1. The van der Waals surface area contributed by atoms with Gasteiger partial charge in [0.05, 0.1) is 40.5 Å². The number of nitrogens with zero attached hydrogens (tertiary/aromatic N) is 2. The maximum absolute atomic E-state index is 12.9. The van der Waals surface area contributed by atoms with Crippen LogP contribution in [0.4, 0.5) is 41.6 Å². The van der Waals surface area contributed by atoms with Gasteiger partial charge in [-0.2, -0.15) is 21.6 Å². The number of methoxy groups -OCH3 is 4. The Balaban J connectivity index is 0.000000194. The number of nitrogens with one attached hydrogen (secondary N) is 2. The van der Waals surface area contributed by atoms with E-state index in [4.69, 9.17) is 15.2 Å². The molecular formula is C115H134F3N5O12S. The maximum atomic E-state index is 12.9. The van der Waals surface area contributed by atoms with Gasteiger partial charge >= 0.3 is 27.6 Å². The minimum atomic E-state index is -5.79. The summed E-state index contributed by atoms with van der Waals surface area (Å²) < 4.78 is 86.0. The van der Waals surface area contributed by atoms with Crippen LogP contribution < -0.4 is 39.8 Å². The van der Waals surface area contributed by atoms with Gasteiger partial charge in [0.1, 0.15) is 34.5 Å². The fraction of sp³-hybridized carbons (Fsp3) is 0.313. The number of hydrogen-bond donors (Lipinski definition) is 5. The van der Waals surface area contributed by atoms with Crippen molar-refractivity contribution in [3.8, 4) is 28.7 Å². The molecule has 136 heavy (non-hydrogen) atoms. The Labute approximate surface area is 803 Å². The van der Waals surface area contributed by atoms with Crippen molar-refractivity contribution in [3.05, 3.63) is 380 Å². The molecule has 2 aliphatic rings. The highest BCUT2D eigenvalue weighted by atomic mass is 32.2. The van der Waals surface area contributed by atoms with Crippen LogP contribution in [0, 0.1) is 0 Å². The number of alkyl halides is 3. The van der Waals surface area contributed by atoms with Crippen molar-refractivity contribution in [3.63, 3.8) is 0 Å². The number of esters is 2. The summed E-state index contributed by atoms with van der Waals surface area (Å²) in [7, 11) is 0.207. The number of carbonyl (C=O) groups excluding carboxylic acids is 3. The molecule has 0 radical (unpaired) electrons. The van der Waals surface area contributed by atoms with Crippen LogP contribution >= 0.6 is 0 Å². The molecule has 0 bridgehead atoms. The van der Waals surface area contributed by atoms with Crippen molar-refractivity contribution in [2.45, 2.75) is 207 Å². The van der Waals surface area contributed by atoms with Gasteiger partial charge in [-0.15, -0.1) is 0 Å². The summed E-state index contributed by atoms with van der Waals surface area (Å²) in [5.41, 5.74) is 23.0. The molecule has 0 aromatic heterocycles. The highest BCUT2D eigenvalue weighted by molar-refractivity contribution is 7.88. The quantitative estimate of drug-likeness (QED) is 0.0106. The van der Waals surface area contributed by atoms with E-state index in [1.165, 1.54) is 94.4 Å². The summed E-state index contributed by atoms with van der Waals surface area (Å²) in [4.78, 5) is 38.4. The van der Waals surface area contributed by atoms with E-state index in [-0.39, 0.29) is 41.7 Å². The summed E-state index contributed by atoms with van der Waals surface area (Å²) in [6.45, 7) is 32.0. The highest BCUT2D eigenvalue weighted by Gasteiger charge is 2.49. The molecule has 2 aliphatic heterocycles. The lowest BCUT2D eigenvalue weighted by molar-refractivity contribution is -0.135. The van der Waals surface area contributed by atoms with Gasteiger partial charge < -0.3 is 59.5 Å². The van der Waals surface area contributed by atoms with Gasteiger partial charge in [-0.3, -0.25) is 4.79 Å². The Morgan fingerprint density at radius 3 is 1.16 bits per heavy atom. The second-order valence-corrected chi connectivity index (χ2v) is 37.7. The van der Waals surface area contributed by atoms with Crippen molar-refractivity contribution in [2.24, 2.45) is 0 Å². The number of hydrogen-bond acceptors (Lipinski definition) is 17. The molecule has 12 aromatic rings. The Morgan fingerprint density at radius 1 is 0.434 bits per heavy atom. The Hall–Kier alpha value is -13.5. The summed E-state index contributed by atoms with van der Waals surface area (Å²) in [5.74, 6) is 3.88. The molecule has 0 spiro atoms. The molecule has 14 rings (SSSR count). The van der Waals surface area contributed by atoms with Crippen molar-refractivity contribution in [1.82, 2.24) is 0 Å². The van der Waals surface area contributed by atoms with Crippen molar-refractivity contribution >= 4 is 68.4 Å². The number of carbonyl (C=O) groups is 3. The van der Waals surface area contributed by atoms with E-state index < -0.39 is 21.6 Å². The van der Waals surface area contributed by atoms with E-state index in [1.807, 2.05) is 122 Å². The number of nitrogens with two attached hydrogens (primary N) is 1. The third-order valence-electron chi connectivity index (χ3n) is 23.6. The number of fused-ring (bicyclic) bond motifs is 2. The first kappa shape index (κ1) is 106. The lowest BCUT2D eigenvalue weighted by Crippen LogP contribution is -2.43. The zero-order valence-electron chi connectivity index (χ0n) is 81.7. The van der Waals surface area contributed by atoms with Gasteiger partial charge in [0, 0.05) is 71.2 Å². The third kappa shape index (κ3) is 31.8. The van der Waals surface area contributed by atoms with Gasteiger partial charge in [0.2, 0.25) is 0 Å². The fourth-order valence-electron chi connectivity index (χ4n) is 16.3. The summed E-state index contributed by atoms with van der Waals surface area (Å²) in [6, 6.07) is 92.1. The van der Waals surface area contributed by atoms with E-state index in [0.29, 0.717) is 71.6 Å². The average Bonchev–Trinajstić information content (AvgIpc) is 0.755. The maximum Gasteiger partial charge on any atom is 0.534 e. The van der Waals surface area contributed by atoms with Crippen LogP contribution in [-0.4, -0.2) is 94.5 Å². The van der Waals surface area contributed by atoms with Crippen LogP contribution in [0.2, 0.25) is 0 Å². The highest BCUT2D eigenvalue weighted by Crippen LogP contribution is 2.46.